The van der Waals surface area contributed by atoms with Crippen LogP contribution in [0.2, 0.25) is 0 Å². The maximum atomic E-state index is 15.2. The molecule has 302 valence electrons. The van der Waals surface area contributed by atoms with Gasteiger partial charge in [-0.25, -0.2) is 9.37 Å². The first-order valence-electron chi connectivity index (χ1n) is 19.1. The molecule has 0 aliphatic carbocycles. The van der Waals surface area contributed by atoms with Crippen LogP contribution in [0, 0.1) is 5.82 Å². The number of amides is 4. The fraction of sp³-hybridized carbons (Fsp3) is 0.450. The van der Waals surface area contributed by atoms with Crippen molar-refractivity contribution in [3.63, 3.8) is 0 Å². The maximum Gasteiger partial charge on any atom is 0.433 e. The number of alkyl halides is 3. The number of carbonyl (C=O) groups excluding carboxylic acids is 4. The molecule has 3 saturated heterocycles. The summed E-state index contributed by atoms with van der Waals surface area (Å²) >= 11 is 0. The zero-order chi connectivity index (χ0) is 40.4. The number of fused-ring (bicyclic) bond motifs is 1. The fourth-order valence-corrected chi connectivity index (χ4v) is 7.67. The van der Waals surface area contributed by atoms with Gasteiger partial charge in [-0.1, -0.05) is 12.1 Å². The second kappa shape index (κ2) is 16.5. The Kier molecular flexibility index (Phi) is 11.5. The van der Waals surface area contributed by atoms with Crippen LogP contribution in [-0.4, -0.2) is 93.1 Å². The molecule has 3 N–H and O–H groups in total. The lowest BCUT2D eigenvalue weighted by atomic mass is 9.89. The van der Waals surface area contributed by atoms with E-state index in [-0.39, 0.29) is 60.0 Å². The number of likely N-dealkylation sites (tertiary alicyclic amines) is 2. The van der Waals surface area contributed by atoms with Crippen LogP contribution >= 0.6 is 0 Å². The van der Waals surface area contributed by atoms with E-state index in [2.05, 4.69) is 25.8 Å². The SMILES string of the molecule is CC(C)Oc1cc2nn(C3CCN(C(=O)CN4CCC(c5ccc(NC6CCC(=O)NC6=O)cc5F)CC4)CC3)cc2cc1NC(=O)c1cccc(C(F)(F)F)n1. The van der Waals surface area contributed by atoms with Gasteiger partial charge in [-0.3, -0.25) is 34.1 Å². The first kappa shape index (κ1) is 39.6. The van der Waals surface area contributed by atoms with Gasteiger partial charge >= 0.3 is 6.18 Å². The van der Waals surface area contributed by atoms with Crippen molar-refractivity contribution in [2.45, 2.75) is 82.7 Å². The minimum absolute atomic E-state index is 0.00837. The van der Waals surface area contributed by atoms with E-state index in [1.807, 2.05) is 29.6 Å². The van der Waals surface area contributed by atoms with Crippen LogP contribution in [-0.2, 0) is 20.6 Å². The molecule has 5 heterocycles. The number of pyridine rings is 1. The number of imide groups is 1. The second-order valence-electron chi connectivity index (χ2n) is 15.1. The Hall–Kier alpha value is -5.58. The number of nitrogens with zero attached hydrogens (tertiary/aromatic N) is 5. The van der Waals surface area contributed by atoms with Crippen molar-refractivity contribution in [2.24, 2.45) is 0 Å². The quantitative estimate of drug-likeness (QED) is 0.132. The Labute approximate surface area is 326 Å². The third-order valence-electron chi connectivity index (χ3n) is 10.7. The highest BCUT2D eigenvalue weighted by Crippen LogP contribution is 2.35. The number of nitrogens with one attached hydrogen (secondary N) is 3. The number of halogens is 4. The van der Waals surface area contributed by atoms with E-state index in [1.165, 1.54) is 12.1 Å². The zero-order valence-corrected chi connectivity index (χ0v) is 31.6. The van der Waals surface area contributed by atoms with Gasteiger partial charge in [0.2, 0.25) is 17.7 Å². The molecule has 3 aliphatic heterocycles. The van der Waals surface area contributed by atoms with Gasteiger partial charge in [-0.05, 0) is 101 Å². The van der Waals surface area contributed by atoms with Crippen LogP contribution in [0.5, 0.6) is 5.75 Å². The van der Waals surface area contributed by atoms with Gasteiger partial charge in [0.05, 0.1) is 29.9 Å². The summed E-state index contributed by atoms with van der Waals surface area (Å²) in [5.74, 6) is -1.52. The highest BCUT2D eigenvalue weighted by atomic mass is 19.4. The van der Waals surface area contributed by atoms with Gasteiger partial charge in [0.1, 0.15) is 29.0 Å². The number of piperidine rings is 3. The topological polar surface area (TPSA) is 151 Å². The number of carbonyl (C=O) groups is 4. The van der Waals surface area contributed by atoms with E-state index >= 15 is 4.39 Å². The summed E-state index contributed by atoms with van der Waals surface area (Å²) in [5, 5.41) is 13.4. The summed E-state index contributed by atoms with van der Waals surface area (Å²) in [6, 6.07) is 10.8. The minimum atomic E-state index is -4.70. The van der Waals surface area contributed by atoms with Crippen molar-refractivity contribution in [1.29, 1.82) is 0 Å². The van der Waals surface area contributed by atoms with E-state index in [4.69, 9.17) is 9.84 Å². The molecule has 7 rings (SSSR count). The number of hydrogen-bond donors (Lipinski definition) is 3. The molecule has 3 fully saturated rings. The Morgan fingerprint density at radius 2 is 1.74 bits per heavy atom. The van der Waals surface area contributed by atoms with Gasteiger partial charge in [0, 0.05) is 42.8 Å². The van der Waals surface area contributed by atoms with E-state index in [9.17, 15) is 32.3 Å². The lowest BCUT2D eigenvalue weighted by Gasteiger charge is -2.36. The Bertz CT molecular complexity index is 2160. The van der Waals surface area contributed by atoms with E-state index < -0.39 is 29.7 Å². The first-order chi connectivity index (χ1) is 27.2. The normalized spacial score (nSPS) is 18.9. The predicted molar refractivity (Wildman–Crippen MR) is 202 cm³/mol. The maximum absolute atomic E-state index is 15.2. The van der Waals surface area contributed by atoms with Gasteiger partial charge in [-0.15, -0.1) is 0 Å². The Morgan fingerprint density at radius 3 is 2.42 bits per heavy atom. The third-order valence-corrected chi connectivity index (χ3v) is 10.7. The third kappa shape index (κ3) is 9.35. The van der Waals surface area contributed by atoms with Crippen molar-refractivity contribution >= 4 is 45.9 Å². The molecule has 57 heavy (non-hydrogen) atoms. The van der Waals surface area contributed by atoms with E-state index in [1.54, 1.807) is 24.3 Å². The number of hydrogen-bond acceptors (Lipinski definition) is 9. The van der Waals surface area contributed by atoms with Gasteiger partial charge < -0.3 is 20.3 Å². The van der Waals surface area contributed by atoms with Crippen molar-refractivity contribution in [1.82, 2.24) is 29.9 Å². The summed E-state index contributed by atoms with van der Waals surface area (Å²) in [5.41, 5.74) is 0.424. The largest absolute Gasteiger partial charge is 0.489 e. The van der Waals surface area contributed by atoms with Gasteiger partial charge in [0.15, 0.2) is 0 Å². The molecule has 0 spiro atoms. The molecule has 3 aliphatic rings. The first-order valence-corrected chi connectivity index (χ1v) is 19.1. The summed E-state index contributed by atoms with van der Waals surface area (Å²) in [4.78, 5) is 57.3. The highest BCUT2D eigenvalue weighted by Gasteiger charge is 2.33. The Morgan fingerprint density at radius 1 is 0.982 bits per heavy atom. The van der Waals surface area contributed by atoms with Gasteiger partial charge in [-0.2, -0.15) is 18.3 Å². The van der Waals surface area contributed by atoms with E-state index in [0.717, 1.165) is 12.1 Å². The van der Waals surface area contributed by atoms with Crippen molar-refractivity contribution < 1.29 is 41.5 Å². The molecule has 2 aromatic heterocycles. The zero-order valence-electron chi connectivity index (χ0n) is 31.6. The fourth-order valence-electron chi connectivity index (χ4n) is 7.67. The molecule has 1 unspecified atom stereocenters. The molecule has 17 heteroatoms. The Balaban J connectivity index is 0.916. The molecule has 0 radical (unpaired) electrons. The van der Waals surface area contributed by atoms with Crippen molar-refractivity contribution in [2.75, 3.05) is 43.4 Å². The van der Waals surface area contributed by atoms with Crippen LogP contribution in [0.15, 0.2) is 54.7 Å². The van der Waals surface area contributed by atoms with Crippen molar-refractivity contribution in [3.8, 4) is 5.75 Å². The summed E-state index contributed by atoms with van der Waals surface area (Å²) < 4.78 is 62.7. The number of rotatable bonds is 10. The number of anilines is 2. The summed E-state index contributed by atoms with van der Waals surface area (Å²) in [6.07, 6.45) is 0.234. The molecule has 0 bridgehead atoms. The molecule has 0 saturated carbocycles. The monoisotopic (exact) mass is 792 g/mol. The molecule has 4 amide bonds. The molecule has 1 atom stereocenters. The predicted octanol–water partition coefficient (Wildman–Crippen LogP) is 5.89. The van der Waals surface area contributed by atoms with Crippen LogP contribution in [0.3, 0.4) is 0 Å². The smallest absolute Gasteiger partial charge is 0.433 e. The van der Waals surface area contributed by atoms with Gasteiger partial charge in [0.25, 0.3) is 5.91 Å². The van der Waals surface area contributed by atoms with Crippen LogP contribution < -0.4 is 20.7 Å². The number of aromatic nitrogens is 3. The van der Waals surface area contributed by atoms with Crippen LogP contribution in [0.1, 0.15) is 86.1 Å². The second-order valence-corrected chi connectivity index (χ2v) is 15.1. The molecule has 4 aromatic rings. The summed E-state index contributed by atoms with van der Waals surface area (Å²) in [6.45, 7) is 6.32. The minimum Gasteiger partial charge on any atom is -0.489 e. The summed E-state index contributed by atoms with van der Waals surface area (Å²) in [7, 11) is 0. The van der Waals surface area contributed by atoms with E-state index in [0.29, 0.717) is 86.2 Å². The number of ether oxygens (including phenoxy) is 1. The molecular formula is C40H44F4N8O5. The lowest BCUT2D eigenvalue weighted by Crippen LogP contribution is -2.47. The average Bonchev–Trinajstić information content (AvgIpc) is 3.59. The standard InChI is InChI=1S/C40H44F4N8O5/c1-23(2)57-34-20-32-25(18-33(34)47-38(55)30-4-3-5-35(46-30)40(42,43)44)21-52(49-32)27-12-16-51(17-13-27)37(54)22-50-14-10-24(11-15-50)28-7-6-26(19-29(28)41)45-31-8-9-36(53)48-39(31)56/h3-7,18-21,23-24,27,31,45H,8-17,22H2,1-2H3,(H,47,55)(H,48,53,56). The lowest BCUT2D eigenvalue weighted by molar-refractivity contribution is -0.141. The highest BCUT2D eigenvalue weighted by molar-refractivity contribution is 6.05. The molecule has 2 aromatic carbocycles. The average molecular weight is 793 g/mol. The number of benzene rings is 2. The molecular weight excluding hydrogens is 748 g/mol. The van der Waals surface area contributed by atoms with Crippen LogP contribution in [0.25, 0.3) is 10.9 Å². The molecule has 13 nitrogen and oxygen atoms in total. The van der Waals surface area contributed by atoms with Crippen molar-refractivity contribution in [3.05, 3.63) is 77.5 Å². The van der Waals surface area contributed by atoms with Crippen LogP contribution in [0.4, 0.5) is 28.9 Å².